The summed E-state index contributed by atoms with van der Waals surface area (Å²) in [6, 6.07) is 0. The lowest BCUT2D eigenvalue weighted by Gasteiger charge is -2.43. The molecule has 0 N–H and O–H groups in total. The molecule has 0 radical (unpaired) electrons. The first-order valence-electron chi connectivity index (χ1n) is 10.8. The van der Waals surface area contributed by atoms with Gasteiger partial charge in [0.2, 0.25) is 0 Å². The molecule has 0 aliphatic heterocycles. The van der Waals surface area contributed by atoms with Gasteiger partial charge in [-0.1, -0.05) is 0 Å². The smallest absolute Gasteiger partial charge is 0.385 e. The lowest BCUT2D eigenvalue weighted by molar-refractivity contribution is -0.921. The van der Waals surface area contributed by atoms with Crippen molar-refractivity contribution in [1.29, 1.82) is 0 Å². The van der Waals surface area contributed by atoms with E-state index in [0.29, 0.717) is 0 Å². The second-order valence-corrected chi connectivity index (χ2v) is 9.81. The molecule has 24 heteroatoms. The largest absolute Gasteiger partial charge is 0.746 e. The van der Waals surface area contributed by atoms with Gasteiger partial charge < -0.3 is 9.04 Å². The molecule has 0 aromatic heterocycles. The standard InChI is InChI=1S/C10H3F19O3S.C8H20N/c11-1(12)3(14,15)5(18,19)7(22,23)9(26,27)10(28,29)8(24,25)6(20,21)4(16,17)2(13)33(30,31)32;1-5-9(6-2,7-3)8-4/h1-2H,(H,30,31,32);5-8H2,1-4H3/q;+1/p-1. The summed E-state index contributed by atoms with van der Waals surface area (Å²) in [5, 5.41) is 0. The minimum absolute atomic E-state index is 1.28. The second-order valence-electron chi connectivity index (χ2n) is 8.41. The Balaban J connectivity index is 0. The molecule has 4 nitrogen and oxygen atoms in total. The number of hydrogen-bond acceptors (Lipinski definition) is 3. The zero-order valence-corrected chi connectivity index (χ0v) is 22.1. The Bertz CT molecular complexity index is 978. The van der Waals surface area contributed by atoms with Gasteiger partial charge in [0.05, 0.1) is 26.2 Å². The maximum atomic E-state index is 13.3. The molecule has 0 spiro atoms. The van der Waals surface area contributed by atoms with Crippen LogP contribution in [0.15, 0.2) is 0 Å². The van der Waals surface area contributed by atoms with Crippen molar-refractivity contribution in [2.24, 2.45) is 0 Å². The maximum absolute atomic E-state index is 13.3. The Morgan fingerprint density at radius 2 is 0.714 bits per heavy atom. The molecule has 0 aliphatic rings. The van der Waals surface area contributed by atoms with E-state index in [1.165, 1.54) is 30.7 Å². The lowest BCUT2D eigenvalue weighted by atomic mass is 9.87. The average molecular weight is 693 g/mol. The maximum Gasteiger partial charge on any atom is 0.385 e. The molecule has 1 unspecified atom stereocenters. The summed E-state index contributed by atoms with van der Waals surface area (Å²) in [5.74, 6) is -68.8. The first-order chi connectivity index (χ1) is 18.1. The van der Waals surface area contributed by atoms with Crippen molar-refractivity contribution in [3.63, 3.8) is 0 Å². The SMILES string of the molecule is CC[N+](CC)(CC)CC.O=S(=O)([O-])C(F)C(F)(F)C(F)(F)C(F)(F)C(F)(F)C(F)(F)C(F)(F)C(F)(F)C(F)(F)C(F)F. The molecule has 42 heavy (non-hydrogen) atoms. The van der Waals surface area contributed by atoms with Crippen LogP contribution in [-0.4, -0.2) is 103 Å². The van der Waals surface area contributed by atoms with Gasteiger partial charge in [-0.2, -0.15) is 70.2 Å². The van der Waals surface area contributed by atoms with Crippen LogP contribution in [0.4, 0.5) is 83.4 Å². The number of halogens is 19. The Hall–Kier alpha value is -1.46. The number of alkyl halides is 19. The second kappa shape index (κ2) is 12.5. The van der Waals surface area contributed by atoms with Gasteiger partial charge in [-0.15, -0.1) is 0 Å². The quantitative estimate of drug-likeness (QED) is 0.111. The van der Waals surface area contributed by atoms with E-state index in [2.05, 4.69) is 27.7 Å². The third-order valence-electron chi connectivity index (χ3n) is 6.30. The van der Waals surface area contributed by atoms with Crippen LogP contribution in [-0.2, 0) is 10.1 Å². The zero-order valence-electron chi connectivity index (χ0n) is 21.2. The summed E-state index contributed by atoms with van der Waals surface area (Å²) in [4.78, 5) is 0. The van der Waals surface area contributed by atoms with E-state index in [1.807, 2.05) is 0 Å². The van der Waals surface area contributed by atoms with E-state index in [1.54, 1.807) is 0 Å². The highest BCUT2D eigenvalue weighted by molar-refractivity contribution is 7.86. The van der Waals surface area contributed by atoms with E-state index < -0.39 is 69.4 Å². The summed E-state index contributed by atoms with van der Waals surface area (Å²) in [7, 11) is -7.53. The predicted octanol–water partition coefficient (Wildman–Crippen LogP) is 7.06. The molecule has 0 bridgehead atoms. The fourth-order valence-corrected chi connectivity index (χ4v) is 3.52. The van der Waals surface area contributed by atoms with Gasteiger partial charge in [0, 0.05) is 0 Å². The highest BCUT2D eigenvalue weighted by Crippen LogP contribution is 2.64. The normalized spacial score (nSPS) is 16.3. The molecule has 256 valence electrons. The van der Waals surface area contributed by atoms with Gasteiger partial charge in [-0.25, -0.2) is 21.6 Å². The van der Waals surface area contributed by atoms with Crippen molar-refractivity contribution < 1.29 is 101 Å². The zero-order chi connectivity index (χ0) is 35.0. The van der Waals surface area contributed by atoms with Crippen LogP contribution in [0.1, 0.15) is 27.7 Å². The molecule has 0 aromatic carbocycles. The molecule has 0 amide bonds. The summed E-state index contributed by atoms with van der Waals surface area (Å²) in [5.41, 5.74) is -6.18. The minimum Gasteiger partial charge on any atom is -0.746 e. The van der Waals surface area contributed by atoms with Gasteiger partial charge in [-0.3, -0.25) is 0 Å². The van der Waals surface area contributed by atoms with Crippen LogP contribution in [0.3, 0.4) is 0 Å². The van der Waals surface area contributed by atoms with Crippen LogP contribution < -0.4 is 0 Å². The highest BCUT2D eigenvalue weighted by Gasteiger charge is 2.96. The molecule has 0 saturated heterocycles. The molecule has 0 aromatic rings. The predicted molar refractivity (Wildman–Crippen MR) is 103 cm³/mol. The van der Waals surface area contributed by atoms with Gasteiger partial charge in [0.1, 0.15) is 10.1 Å². The number of rotatable bonds is 14. The minimum atomic E-state index is -9.08. The Labute approximate surface area is 225 Å². The highest BCUT2D eigenvalue weighted by atomic mass is 32.2. The van der Waals surface area contributed by atoms with E-state index >= 15 is 0 Å². The average Bonchev–Trinajstić information content (AvgIpc) is 2.84. The topological polar surface area (TPSA) is 57.2 Å². The Morgan fingerprint density at radius 3 is 0.881 bits per heavy atom. The fourth-order valence-electron chi connectivity index (χ4n) is 3.01. The molecule has 0 aliphatic carbocycles. The Morgan fingerprint density at radius 1 is 0.500 bits per heavy atom. The Kier molecular flexibility index (Phi) is 12.7. The summed E-state index contributed by atoms with van der Waals surface area (Å²) >= 11 is 0. The molecular formula is C18H22F19NO3S. The first-order valence-corrected chi connectivity index (χ1v) is 12.3. The molecule has 0 fully saturated rings. The molecule has 0 saturated carbocycles. The van der Waals surface area contributed by atoms with Gasteiger partial charge in [0.15, 0.2) is 0 Å². The van der Waals surface area contributed by atoms with E-state index in [4.69, 9.17) is 0 Å². The van der Waals surface area contributed by atoms with Crippen molar-refractivity contribution in [3.05, 3.63) is 0 Å². The molecule has 0 rings (SSSR count). The van der Waals surface area contributed by atoms with Gasteiger partial charge in [0.25, 0.3) is 5.50 Å². The van der Waals surface area contributed by atoms with Crippen molar-refractivity contribution in [3.8, 4) is 0 Å². The van der Waals surface area contributed by atoms with Crippen LogP contribution in [0, 0.1) is 0 Å². The van der Waals surface area contributed by atoms with E-state index in [9.17, 15) is 96.4 Å². The third kappa shape index (κ3) is 6.48. The van der Waals surface area contributed by atoms with Gasteiger partial charge in [-0.05, 0) is 27.7 Å². The lowest BCUT2D eigenvalue weighted by Crippen LogP contribution is -2.76. The van der Waals surface area contributed by atoms with Crippen LogP contribution in [0.2, 0.25) is 0 Å². The van der Waals surface area contributed by atoms with Crippen molar-refractivity contribution in [2.75, 3.05) is 26.2 Å². The van der Waals surface area contributed by atoms with Crippen LogP contribution >= 0.6 is 0 Å². The fraction of sp³-hybridized carbons (Fsp3) is 1.00. The third-order valence-corrected chi connectivity index (χ3v) is 7.11. The van der Waals surface area contributed by atoms with Gasteiger partial charge >= 0.3 is 53.8 Å². The number of quaternary nitrogens is 1. The summed E-state index contributed by atoms with van der Waals surface area (Å²) in [6.07, 6.45) is -6.12. The van der Waals surface area contributed by atoms with Crippen molar-refractivity contribution in [2.45, 2.75) is 87.0 Å². The molecular weight excluding hydrogens is 671 g/mol. The van der Waals surface area contributed by atoms with E-state index in [-0.39, 0.29) is 0 Å². The van der Waals surface area contributed by atoms with E-state index in [0.717, 1.165) is 0 Å². The summed E-state index contributed by atoms with van der Waals surface area (Å²) in [6.45, 7) is 14.2. The first kappa shape index (κ1) is 42.7. The monoisotopic (exact) mass is 693 g/mol. The number of hydrogen-bond donors (Lipinski definition) is 0. The number of nitrogens with zero attached hydrogens (tertiary/aromatic N) is 1. The van der Waals surface area contributed by atoms with Crippen molar-refractivity contribution >= 4 is 10.1 Å². The van der Waals surface area contributed by atoms with Crippen molar-refractivity contribution in [1.82, 2.24) is 0 Å². The summed E-state index contributed by atoms with van der Waals surface area (Å²) < 4.78 is 277. The molecule has 1 atom stereocenters. The molecule has 0 heterocycles. The van der Waals surface area contributed by atoms with Crippen LogP contribution in [0.25, 0.3) is 0 Å². The van der Waals surface area contributed by atoms with Crippen LogP contribution in [0.5, 0.6) is 0 Å².